The summed E-state index contributed by atoms with van der Waals surface area (Å²) < 4.78 is 0. The Morgan fingerprint density at radius 2 is 1.42 bits per heavy atom. The van der Waals surface area contributed by atoms with Gasteiger partial charge in [-0.1, -0.05) is 27.7 Å². The van der Waals surface area contributed by atoms with Gasteiger partial charge in [-0.2, -0.15) is 0 Å². The Hall–Kier alpha value is -1.84. The van der Waals surface area contributed by atoms with Crippen LogP contribution in [0.2, 0.25) is 0 Å². The number of amides is 1. The highest BCUT2D eigenvalue weighted by Gasteiger charge is 2.65. The lowest BCUT2D eigenvalue weighted by atomic mass is 10.0. The fourth-order valence-electron chi connectivity index (χ4n) is 2.54. The van der Waals surface area contributed by atoms with E-state index in [9.17, 15) is 9.59 Å². The van der Waals surface area contributed by atoms with E-state index in [1.807, 2.05) is 0 Å². The highest BCUT2D eigenvalue weighted by atomic mass is 16.4. The van der Waals surface area contributed by atoms with Crippen LogP contribution in [-0.2, 0) is 0 Å². The van der Waals surface area contributed by atoms with Gasteiger partial charge in [0.2, 0.25) is 0 Å². The summed E-state index contributed by atoms with van der Waals surface area (Å²) in [7, 11) is 0. The number of hydrogen-bond acceptors (Lipinski definition) is 2. The zero-order valence-electron chi connectivity index (χ0n) is 11.7. The Morgan fingerprint density at radius 3 is 1.79 bits per heavy atom. The molecule has 0 aliphatic heterocycles. The van der Waals surface area contributed by atoms with Crippen LogP contribution in [0.25, 0.3) is 0 Å². The van der Waals surface area contributed by atoms with Crippen molar-refractivity contribution in [3.05, 3.63) is 35.4 Å². The normalized spacial score (nSPS) is 19.8. The maximum atomic E-state index is 12.1. The number of carboxylic acids is 1. The first-order valence-corrected chi connectivity index (χ1v) is 6.32. The molecule has 1 aromatic carbocycles. The Balaban J connectivity index is 2.08. The summed E-state index contributed by atoms with van der Waals surface area (Å²) in [5.74, 6) is -1.14. The number of benzene rings is 1. The summed E-state index contributed by atoms with van der Waals surface area (Å²) >= 11 is 0. The molecule has 1 aliphatic rings. The second-order valence-corrected chi connectivity index (χ2v) is 6.23. The Bertz CT molecular complexity index is 515. The number of carbonyl (C=O) groups is 2. The molecule has 19 heavy (non-hydrogen) atoms. The molecular weight excluding hydrogens is 242 g/mol. The van der Waals surface area contributed by atoms with Crippen LogP contribution in [0.4, 0.5) is 0 Å². The fourth-order valence-corrected chi connectivity index (χ4v) is 2.54. The molecule has 2 N–H and O–H groups in total. The zero-order chi connectivity index (χ0) is 14.4. The molecule has 0 radical (unpaired) electrons. The van der Waals surface area contributed by atoms with Crippen LogP contribution in [0.15, 0.2) is 24.3 Å². The van der Waals surface area contributed by atoms with E-state index in [0.717, 1.165) is 0 Å². The molecule has 1 amide bonds. The lowest BCUT2D eigenvalue weighted by Crippen LogP contribution is -2.29. The Labute approximate surface area is 112 Å². The minimum atomic E-state index is -0.989. The van der Waals surface area contributed by atoms with Crippen LogP contribution in [-0.4, -0.2) is 23.0 Å². The molecule has 0 aromatic heterocycles. The molecule has 1 aliphatic carbocycles. The van der Waals surface area contributed by atoms with Gasteiger partial charge in [0.1, 0.15) is 0 Å². The van der Waals surface area contributed by atoms with Crippen LogP contribution in [0.1, 0.15) is 48.4 Å². The van der Waals surface area contributed by atoms with Gasteiger partial charge in [-0.05, 0) is 35.1 Å². The predicted molar refractivity (Wildman–Crippen MR) is 72.2 cm³/mol. The van der Waals surface area contributed by atoms with E-state index in [1.165, 1.54) is 12.1 Å². The van der Waals surface area contributed by atoms with E-state index in [0.29, 0.717) is 5.56 Å². The molecular formula is C15H19NO3. The molecule has 102 valence electrons. The molecule has 0 spiro atoms. The molecule has 2 rings (SSSR count). The van der Waals surface area contributed by atoms with Gasteiger partial charge in [-0.15, -0.1) is 0 Å². The largest absolute Gasteiger partial charge is 0.478 e. The summed E-state index contributed by atoms with van der Waals surface area (Å²) in [6.45, 7) is 8.52. The van der Waals surface area contributed by atoms with Gasteiger partial charge in [0.25, 0.3) is 5.91 Å². The van der Waals surface area contributed by atoms with Crippen molar-refractivity contribution in [2.45, 2.75) is 33.7 Å². The minimum Gasteiger partial charge on any atom is -0.478 e. The van der Waals surface area contributed by atoms with Crippen molar-refractivity contribution < 1.29 is 14.7 Å². The first-order chi connectivity index (χ1) is 8.68. The highest BCUT2D eigenvalue weighted by molar-refractivity contribution is 5.96. The molecule has 4 nitrogen and oxygen atoms in total. The number of nitrogens with one attached hydrogen (secondary N) is 1. The third-order valence-corrected chi connectivity index (χ3v) is 4.69. The van der Waals surface area contributed by atoms with Crippen LogP contribution in [0.3, 0.4) is 0 Å². The summed E-state index contributed by atoms with van der Waals surface area (Å²) in [6.07, 6.45) is 0. The van der Waals surface area contributed by atoms with Gasteiger partial charge in [-0.3, -0.25) is 4.79 Å². The van der Waals surface area contributed by atoms with Gasteiger partial charge < -0.3 is 10.4 Å². The van der Waals surface area contributed by atoms with Gasteiger partial charge in [0, 0.05) is 11.6 Å². The number of carboxylic acid groups (broad SMARTS) is 1. The molecule has 0 atom stereocenters. The summed E-state index contributed by atoms with van der Waals surface area (Å²) in [5.41, 5.74) is 0.847. The lowest BCUT2D eigenvalue weighted by Gasteiger charge is -2.07. The molecule has 0 saturated heterocycles. The standard InChI is InChI=1S/C15H19NO3/c1-14(2)13(15(14,3)4)16-11(17)9-5-7-10(8-6-9)12(18)19/h5-8,13H,1-4H3,(H,16,17)(H,18,19). The highest BCUT2D eigenvalue weighted by Crippen LogP contribution is 2.62. The number of carbonyl (C=O) groups excluding carboxylic acids is 1. The molecule has 1 fully saturated rings. The van der Waals surface area contributed by atoms with Crippen molar-refractivity contribution in [1.29, 1.82) is 0 Å². The van der Waals surface area contributed by atoms with Crippen molar-refractivity contribution in [3.8, 4) is 0 Å². The molecule has 4 heteroatoms. The van der Waals surface area contributed by atoms with Crippen LogP contribution < -0.4 is 5.32 Å². The van der Waals surface area contributed by atoms with Gasteiger partial charge >= 0.3 is 5.97 Å². The number of hydrogen-bond donors (Lipinski definition) is 2. The van der Waals surface area contributed by atoms with E-state index in [4.69, 9.17) is 5.11 Å². The maximum absolute atomic E-state index is 12.1. The predicted octanol–water partition coefficient (Wildman–Crippen LogP) is 2.55. The molecule has 1 aromatic rings. The monoisotopic (exact) mass is 261 g/mol. The SMILES string of the molecule is CC1(C)C(NC(=O)c2ccc(C(=O)O)cc2)C1(C)C. The van der Waals surface area contributed by atoms with E-state index < -0.39 is 5.97 Å². The van der Waals surface area contributed by atoms with E-state index in [-0.39, 0.29) is 28.3 Å². The third-order valence-electron chi connectivity index (χ3n) is 4.69. The van der Waals surface area contributed by atoms with Crippen molar-refractivity contribution in [1.82, 2.24) is 5.32 Å². The quantitative estimate of drug-likeness (QED) is 0.878. The summed E-state index contributed by atoms with van der Waals surface area (Å²) in [4.78, 5) is 22.8. The maximum Gasteiger partial charge on any atom is 0.335 e. The third kappa shape index (κ3) is 2.11. The Kier molecular flexibility index (Phi) is 2.92. The average Bonchev–Trinajstić information content (AvgIpc) is 2.71. The summed E-state index contributed by atoms with van der Waals surface area (Å²) in [5, 5.41) is 11.8. The van der Waals surface area contributed by atoms with Gasteiger partial charge in [-0.25, -0.2) is 4.79 Å². The fraction of sp³-hybridized carbons (Fsp3) is 0.467. The van der Waals surface area contributed by atoms with E-state index in [1.54, 1.807) is 12.1 Å². The Morgan fingerprint density at radius 1 is 1.00 bits per heavy atom. The van der Waals surface area contributed by atoms with E-state index in [2.05, 4.69) is 33.0 Å². The minimum absolute atomic E-state index is 0.0870. The second kappa shape index (κ2) is 4.08. The van der Waals surface area contributed by atoms with Crippen LogP contribution in [0.5, 0.6) is 0 Å². The topological polar surface area (TPSA) is 66.4 Å². The molecule has 0 bridgehead atoms. The van der Waals surface area contributed by atoms with Crippen LogP contribution in [0, 0.1) is 10.8 Å². The number of aromatic carboxylic acids is 1. The molecule has 0 unspecified atom stereocenters. The lowest BCUT2D eigenvalue weighted by molar-refractivity contribution is 0.0696. The van der Waals surface area contributed by atoms with Crippen LogP contribution >= 0.6 is 0 Å². The van der Waals surface area contributed by atoms with Crippen molar-refractivity contribution in [2.24, 2.45) is 10.8 Å². The summed E-state index contributed by atoms with van der Waals surface area (Å²) in [6, 6.07) is 6.12. The van der Waals surface area contributed by atoms with E-state index >= 15 is 0 Å². The first-order valence-electron chi connectivity index (χ1n) is 6.32. The van der Waals surface area contributed by atoms with Crippen molar-refractivity contribution >= 4 is 11.9 Å². The van der Waals surface area contributed by atoms with Crippen molar-refractivity contribution in [3.63, 3.8) is 0 Å². The average molecular weight is 261 g/mol. The van der Waals surface area contributed by atoms with Crippen molar-refractivity contribution in [2.75, 3.05) is 0 Å². The zero-order valence-corrected chi connectivity index (χ0v) is 11.7. The number of rotatable bonds is 3. The first kappa shape index (κ1) is 13.6. The smallest absolute Gasteiger partial charge is 0.335 e. The molecule has 1 saturated carbocycles. The van der Waals surface area contributed by atoms with Gasteiger partial charge in [0.15, 0.2) is 0 Å². The van der Waals surface area contributed by atoms with Gasteiger partial charge in [0.05, 0.1) is 5.56 Å². The second-order valence-electron chi connectivity index (χ2n) is 6.23. The molecule has 0 heterocycles.